The standard InChI is InChI=1S/C21H33N3O3/c1-2-3-4-5-6-7-8-9-12-17-13-10-14-18-19(17)27-20(24-18)22-15-11-16-23-21(25)26/h10,13-14,23H,2-9,11-12,15-16H2,1H3,(H,22,24)(H,25,26). The lowest BCUT2D eigenvalue weighted by Gasteiger charge is -2.03. The minimum absolute atomic E-state index is 0.409. The summed E-state index contributed by atoms with van der Waals surface area (Å²) in [5, 5.41) is 14.0. The number of carbonyl (C=O) groups is 1. The molecule has 1 amide bonds. The molecule has 0 bridgehead atoms. The first-order chi connectivity index (χ1) is 13.2. The Kier molecular flexibility index (Phi) is 9.52. The fourth-order valence-electron chi connectivity index (χ4n) is 3.21. The Hall–Kier alpha value is -2.24. The van der Waals surface area contributed by atoms with E-state index in [0.717, 1.165) is 17.5 Å². The smallest absolute Gasteiger partial charge is 0.404 e. The third kappa shape index (κ3) is 7.89. The maximum atomic E-state index is 10.4. The number of hydrogen-bond acceptors (Lipinski definition) is 4. The summed E-state index contributed by atoms with van der Waals surface area (Å²) >= 11 is 0. The Morgan fingerprint density at radius 3 is 2.52 bits per heavy atom. The molecule has 0 radical (unpaired) electrons. The van der Waals surface area contributed by atoms with E-state index in [0.29, 0.717) is 25.5 Å². The summed E-state index contributed by atoms with van der Waals surface area (Å²) in [4.78, 5) is 14.9. The van der Waals surface area contributed by atoms with Gasteiger partial charge in [0.2, 0.25) is 0 Å². The zero-order valence-electron chi connectivity index (χ0n) is 16.4. The first kappa shape index (κ1) is 21.1. The molecule has 3 N–H and O–H groups in total. The van der Waals surface area contributed by atoms with Gasteiger partial charge in [-0.2, -0.15) is 4.98 Å². The van der Waals surface area contributed by atoms with E-state index in [9.17, 15) is 4.79 Å². The topological polar surface area (TPSA) is 87.4 Å². The largest absolute Gasteiger partial charge is 0.465 e. The minimum Gasteiger partial charge on any atom is -0.465 e. The third-order valence-corrected chi connectivity index (χ3v) is 4.70. The van der Waals surface area contributed by atoms with E-state index >= 15 is 0 Å². The number of carboxylic acid groups (broad SMARTS) is 1. The lowest BCUT2D eigenvalue weighted by molar-refractivity contribution is 0.194. The van der Waals surface area contributed by atoms with Gasteiger partial charge in [0.25, 0.3) is 6.01 Å². The molecule has 0 fully saturated rings. The van der Waals surface area contributed by atoms with Gasteiger partial charge in [-0.1, -0.05) is 64.0 Å². The Morgan fingerprint density at radius 2 is 1.78 bits per heavy atom. The summed E-state index contributed by atoms with van der Waals surface area (Å²) in [6, 6.07) is 6.62. The molecule has 0 aliphatic heterocycles. The molecule has 6 nitrogen and oxygen atoms in total. The summed E-state index contributed by atoms with van der Waals surface area (Å²) in [7, 11) is 0. The Morgan fingerprint density at radius 1 is 1.04 bits per heavy atom. The van der Waals surface area contributed by atoms with Crippen LogP contribution < -0.4 is 10.6 Å². The lowest BCUT2D eigenvalue weighted by atomic mass is 10.0. The van der Waals surface area contributed by atoms with Crippen LogP contribution in [0, 0.1) is 0 Å². The number of rotatable bonds is 14. The average Bonchev–Trinajstić information content (AvgIpc) is 3.07. The van der Waals surface area contributed by atoms with E-state index in [-0.39, 0.29) is 0 Å². The van der Waals surface area contributed by atoms with Crippen molar-refractivity contribution in [2.24, 2.45) is 0 Å². The van der Waals surface area contributed by atoms with Gasteiger partial charge in [0.1, 0.15) is 5.52 Å². The van der Waals surface area contributed by atoms with Crippen LogP contribution >= 0.6 is 0 Å². The van der Waals surface area contributed by atoms with Gasteiger partial charge in [-0.15, -0.1) is 0 Å². The van der Waals surface area contributed by atoms with Crippen LogP contribution in [0.3, 0.4) is 0 Å². The number of aromatic nitrogens is 1. The van der Waals surface area contributed by atoms with Crippen molar-refractivity contribution in [2.45, 2.75) is 71.1 Å². The predicted octanol–water partition coefficient (Wildman–Crippen LogP) is 5.58. The van der Waals surface area contributed by atoms with Crippen molar-refractivity contribution in [1.29, 1.82) is 0 Å². The van der Waals surface area contributed by atoms with Crippen LogP contribution in [-0.2, 0) is 6.42 Å². The molecular weight excluding hydrogens is 342 g/mol. The van der Waals surface area contributed by atoms with E-state index in [4.69, 9.17) is 9.52 Å². The molecule has 0 spiro atoms. The molecule has 27 heavy (non-hydrogen) atoms. The Labute approximate surface area is 161 Å². The fourth-order valence-corrected chi connectivity index (χ4v) is 3.21. The highest BCUT2D eigenvalue weighted by molar-refractivity contribution is 5.78. The van der Waals surface area contributed by atoms with Crippen LogP contribution in [0.2, 0.25) is 0 Å². The summed E-state index contributed by atoms with van der Waals surface area (Å²) in [6.07, 6.45) is 11.2. The van der Waals surface area contributed by atoms with E-state index in [2.05, 4.69) is 28.6 Å². The minimum atomic E-state index is -0.998. The van der Waals surface area contributed by atoms with E-state index in [1.165, 1.54) is 56.9 Å². The quantitative estimate of drug-likeness (QED) is 0.375. The normalized spacial score (nSPS) is 11.0. The maximum absolute atomic E-state index is 10.4. The molecule has 0 saturated carbocycles. The van der Waals surface area contributed by atoms with E-state index < -0.39 is 6.09 Å². The van der Waals surface area contributed by atoms with E-state index in [1.807, 2.05) is 12.1 Å². The van der Waals surface area contributed by atoms with Crippen molar-refractivity contribution in [3.8, 4) is 0 Å². The van der Waals surface area contributed by atoms with Gasteiger partial charge in [-0.05, 0) is 30.9 Å². The molecule has 1 aromatic carbocycles. The number of hydrogen-bond donors (Lipinski definition) is 3. The Bertz CT molecular complexity index is 684. The van der Waals surface area contributed by atoms with Crippen molar-refractivity contribution in [2.75, 3.05) is 18.4 Å². The summed E-state index contributed by atoms with van der Waals surface area (Å²) in [5.41, 5.74) is 2.96. The van der Waals surface area contributed by atoms with Gasteiger partial charge in [0.15, 0.2) is 5.58 Å². The Balaban J connectivity index is 1.73. The second-order valence-electron chi connectivity index (χ2n) is 7.02. The summed E-state index contributed by atoms with van der Waals surface area (Å²) < 4.78 is 5.89. The van der Waals surface area contributed by atoms with E-state index in [1.54, 1.807) is 0 Å². The third-order valence-electron chi connectivity index (χ3n) is 4.70. The van der Waals surface area contributed by atoms with Crippen molar-refractivity contribution >= 4 is 23.2 Å². The monoisotopic (exact) mass is 375 g/mol. The molecule has 6 heteroatoms. The molecule has 0 aliphatic rings. The average molecular weight is 376 g/mol. The summed E-state index contributed by atoms with van der Waals surface area (Å²) in [6.45, 7) is 3.27. The number of nitrogens with one attached hydrogen (secondary N) is 2. The van der Waals surface area contributed by atoms with Gasteiger partial charge < -0.3 is 20.2 Å². The van der Waals surface area contributed by atoms with Crippen LogP contribution in [0.15, 0.2) is 22.6 Å². The van der Waals surface area contributed by atoms with Gasteiger partial charge in [-0.3, -0.25) is 0 Å². The molecule has 0 atom stereocenters. The number of aryl methyl sites for hydroxylation is 1. The molecule has 1 aromatic heterocycles. The molecule has 0 unspecified atom stereocenters. The fraction of sp³-hybridized carbons (Fsp3) is 0.619. The number of nitrogens with zero attached hydrogens (tertiary/aromatic N) is 1. The highest BCUT2D eigenvalue weighted by atomic mass is 16.4. The molecule has 2 rings (SSSR count). The molecule has 1 heterocycles. The second kappa shape index (κ2) is 12.2. The predicted molar refractivity (Wildman–Crippen MR) is 109 cm³/mol. The number of fused-ring (bicyclic) bond motifs is 1. The lowest BCUT2D eigenvalue weighted by Crippen LogP contribution is -2.23. The van der Waals surface area contributed by atoms with Gasteiger partial charge in [0.05, 0.1) is 0 Å². The zero-order chi connectivity index (χ0) is 19.3. The van der Waals surface area contributed by atoms with Crippen LogP contribution in [0.25, 0.3) is 11.1 Å². The highest BCUT2D eigenvalue weighted by Gasteiger charge is 2.09. The first-order valence-electron chi connectivity index (χ1n) is 10.3. The van der Waals surface area contributed by atoms with Gasteiger partial charge in [-0.25, -0.2) is 4.79 Å². The molecule has 150 valence electrons. The van der Waals surface area contributed by atoms with Crippen LogP contribution in [-0.4, -0.2) is 29.3 Å². The second-order valence-corrected chi connectivity index (χ2v) is 7.02. The van der Waals surface area contributed by atoms with Crippen molar-refractivity contribution in [3.05, 3.63) is 23.8 Å². The SMILES string of the molecule is CCCCCCCCCCc1cccc2nc(NCCCNC(=O)O)oc12. The maximum Gasteiger partial charge on any atom is 0.404 e. The number of anilines is 1. The van der Waals surface area contributed by atoms with Crippen molar-refractivity contribution in [1.82, 2.24) is 10.3 Å². The van der Waals surface area contributed by atoms with Crippen molar-refractivity contribution in [3.63, 3.8) is 0 Å². The highest BCUT2D eigenvalue weighted by Crippen LogP contribution is 2.24. The van der Waals surface area contributed by atoms with Gasteiger partial charge >= 0.3 is 6.09 Å². The van der Waals surface area contributed by atoms with Gasteiger partial charge in [0, 0.05) is 13.1 Å². The number of oxazole rings is 1. The number of benzene rings is 1. The summed E-state index contributed by atoms with van der Waals surface area (Å²) in [5.74, 6) is 0. The molecular formula is C21H33N3O3. The number of para-hydroxylation sites is 1. The molecule has 0 aliphatic carbocycles. The van der Waals surface area contributed by atoms with Crippen molar-refractivity contribution < 1.29 is 14.3 Å². The van der Waals surface area contributed by atoms with Crippen LogP contribution in [0.1, 0.15) is 70.3 Å². The number of amides is 1. The van der Waals surface area contributed by atoms with Crippen LogP contribution in [0.5, 0.6) is 0 Å². The molecule has 2 aromatic rings. The zero-order valence-corrected chi connectivity index (χ0v) is 16.4. The first-order valence-corrected chi connectivity index (χ1v) is 10.3. The van der Waals surface area contributed by atoms with Crippen LogP contribution in [0.4, 0.5) is 10.8 Å². The number of unbranched alkanes of at least 4 members (excludes halogenated alkanes) is 7. The molecule has 0 saturated heterocycles.